The molecule has 0 aromatic heterocycles. The average Bonchev–Trinajstić information content (AvgIpc) is 2.66. The van der Waals surface area contributed by atoms with Crippen molar-refractivity contribution in [3.63, 3.8) is 0 Å². The molecule has 17 heavy (non-hydrogen) atoms. The number of carboxylic acids is 1. The van der Waals surface area contributed by atoms with E-state index in [1.807, 2.05) is 6.92 Å². The lowest BCUT2D eigenvalue weighted by Crippen LogP contribution is -2.45. The third-order valence-corrected chi connectivity index (χ3v) is 4.91. The van der Waals surface area contributed by atoms with E-state index < -0.39 is 12.0 Å². The summed E-state index contributed by atoms with van der Waals surface area (Å²) in [7, 11) is 0. The molecule has 2 unspecified atom stereocenters. The SMILES string of the molecule is CCCCSCC(=O)N1C(C)SCC1C(=O)O. The Morgan fingerprint density at radius 1 is 1.53 bits per heavy atom. The molecular weight excluding hydrogens is 258 g/mol. The number of unbranched alkanes of at least 4 members (excludes halogenated alkanes) is 1. The van der Waals surface area contributed by atoms with E-state index in [-0.39, 0.29) is 11.3 Å². The van der Waals surface area contributed by atoms with Crippen molar-refractivity contribution in [1.82, 2.24) is 4.90 Å². The van der Waals surface area contributed by atoms with E-state index in [0.717, 1.165) is 18.6 Å². The third kappa shape index (κ3) is 4.10. The number of thioether (sulfide) groups is 2. The van der Waals surface area contributed by atoms with Gasteiger partial charge >= 0.3 is 5.97 Å². The summed E-state index contributed by atoms with van der Waals surface area (Å²) in [5.74, 6) is 0.927. The number of carbonyl (C=O) groups is 2. The molecule has 0 aliphatic carbocycles. The van der Waals surface area contributed by atoms with Crippen LogP contribution >= 0.6 is 23.5 Å². The topological polar surface area (TPSA) is 57.6 Å². The second-order valence-electron chi connectivity index (χ2n) is 3.99. The van der Waals surface area contributed by atoms with E-state index in [2.05, 4.69) is 6.92 Å². The highest BCUT2D eigenvalue weighted by Crippen LogP contribution is 2.29. The van der Waals surface area contributed by atoms with Crippen molar-refractivity contribution in [2.24, 2.45) is 0 Å². The van der Waals surface area contributed by atoms with Crippen molar-refractivity contribution in [3.05, 3.63) is 0 Å². The molecule has 1 amide bonds. The maximum atomic E-state index is 12.0. The summed E-state index contributed by atoms with van der Waals surface area (Å²) in [6, 6.07) is -0.644. The van der Waals surface area contributed by atoms with Gasteiger partial charge in [0.1, 0.15) is 6.04 Å². The van der Waals surface area contributed by atoms with Gasteiger partial charge in [-0.3, -0.25) is 4.79 Å². The molecule has 2 atom stereocenters. The van der Waals surface area contributed by atoms with Crippen molar-refractivity contribution < 1.29 is 14.7 Å². The van der Waals surface area contributed by atoms with Crippen molar-refractivity contribution in [2.75, 3.05) is 17.3 Å². The van der Waals surface area contributed by atoms with E-state index in [0.29, 0.717) is 11.5 Å². The Bertz CT molecular complexity index is 286. The highest BCUT2D eigenvalue weighted by molar-refractivity contribution is 8.00. The first kappa shape index (κ1) is 14.7. The normalized spacial score (nSPS) is 24.0. The number of nitrogens with zero attached hydrogens (tertiary/aromatic N) is 1. The lowest BCUT2D eigenvalue weighted by Gasteiger charge is -2.24. The molecule has 0 spiro atoms. The Kier molecular flexibility index (Phi) is 6.19. The van der Waals surface area contributed by atoms with Crippen LogP contribution in [0.3, 0.4) is 0 Å². The molecule has 0 aromatic carbocycles. The number of aliphatic carboxylic acids is 1. The number of rotatable bonds is 6. The quantitative estimate of drug-likeness (QED) is 0.751. The summed E-state index contributed by atoms with van der Waals surface area (Å²) in [4.78, 5) is 24.5. The number of hydrogen-bond donors (Lipinski definition) is 1. The largest absolute Gasteiger partial charge is 0.480 e. The fraction of sp³-hybridized carbons (Fsp3) is 0.818. The van der Waals surface area contributed by atoms with E-state index in [1.54, 1.807) is 11.8 Å². The zero-order chi connectivity index (χ0) is 12.8. The van der Waals surface area contributed by atoms with Gasteiger partial charge in [-0.2, -0.15) is 11.8 Å². The van der Waals surface area contributed by atoms with Gasteiger partial charge in [0.15, 0.2) is 0 Å². The molecule has 1 aliphatic rings. The van der Waals surface area contributed by atoms with Gasteiger partial charge in [-0.15, -0.1) is 11.8 Å². The van der Waals surface area contributed by atoms with Crippen LogP contribution in [0.15, 0.2) is 0 Å². The molecule has 1 fully saturated rings. The van der Waals surface area contributed by atoms with Crippen LogP contribution < -0.4 is 0 Å². The fourth-order valence-electron chi connectivity index (χ4n) is 1.69. The molecule has 1 rings (SSSR count). The molecule has 0 aromatic rings. The van der Waals surface area contributed by atoms with E-state index in [4.69, 9.17) is 5.11 Å². The second-order valence-corrected chi connectivity index (χ2v) is 6.45. The van der Waals surface area contributed by atoms with Crippen LogP contribution in [0.5, 0.6) is 0 Å². The summed E-state index contributed by atoms with van der Waals surface area (Å²) < 4.78 is 0. The smallest absolute Gasteiger partial charge is 0.327 e. The fourth-order valence-corrected chi connectivity index (χ4v) is 3.84. The highest BCUT2D eigenvalue weighted by Gasteiger charge is 2.38. The van der Waals surface area contributed by atoms with E-state index in [9.17, 15) is 9.59 Å². The van der Waals surface area contributed by atoms with Gasteiger partial charge in [0.05, 0.1) is 11.1 Å². The molecule has 0 radical (unpaired) electrons. The standard InChI is InChI=1S/C11H19NO3S2/c1-3-4-5-16-7-10(13)12-8(2)17-6-9(12)11(14)15/h8-9H,3-7H2,1-2H3,(H,14,15). The van der Waals surface area contributed by atoms with Crippen LogP contribution in [-0.2, 0) is 9.59 Å². The molecule has 1 saturated heterocycles. The van der Waals surface area contributed by atoms with Crippen molar-refractivity contribution >= 4 is 35.4 Å². The first-order chi connectivity index (χ1) is 8.07. The molecule has 1 aliphatic heterocycles. The summed E-state index contributed by atoms with van der Waals surface area (Å²) >= 11 is 3.12. The van der Waals surface area contributed by atoms with Gasteiger partial charge in [0.2, 0.25) is 5.91 Å². The Morgan fingerprint density at radius 3 is 2.82 bits per heavy atom. The number of carbonyl (C=O) groups excluding carboxylic acids is 1. The van der Waals surface area contributed by atoms with Crippen molar-refractivity contribution in [2.45, 2.75) is 38.1 Å². The minimum absolute atomic E-state index is 0.0182. The average molecular weight is 277 g/mol. The van der Waals surface area contributed by atoms with Gasteiger partial charge in [-0.05, 0) is 19.1 Å². The zero-order valence-corrected chi connectivity index (χ0v) is 11.9. The van der Waals surface area contributed by atoms with Crippen LogP contribution in [0, 0.1) is 0 Å². The molecular formula is C11H19NO3S2. The summed E-state index contributed by atoms with van der Waals surface area (Å²) in [6.07, 6.45) is 2.22. The minimum Gasteiger partial charge on any atom is -0.480 e. The van der Waals surface area contributed by atoms with Crippen LogP contribution in [0.2, 0.25) is 0 Å². The molecule has 98 valence electrons. The first-order valence-corrected chi connectivity index (χ1v) is 8.01. The highest BCUT2D eigenvalue weighted by atomic mass is 32.2. The third-order valence-electron chi connectivity index (χ3n) is 2.66. The van der Waals surface area contributed by atoms with Gasteiger partial charge in [0.25, 0.3) is 0 Å². The molecule has 1 heterocycles. The van der Waals surface area contributed by atoms with Gasteiger partial charge in [0, 0.05) is 5.75 Å². The van der Waals surface area contributed by atoms with Gasteiger partial charge in [-0.1, -0.05) is 13.3 Å². The minimum atomic E-state index is -0.895. The van der Waals surface area contributed by atoms with Gasteiger partial charge < -0.3 is 10.0 Å². The Labute approximate surface area is 111 Å². The first-order valence-electron chi connectivity index (χ1n) is 5.81. The Hall–Kier alpha value is -0.360. The molecule has 1 N–H and O–H groups in total. The van der Waals surface area contributed by atoms with Crippen molar-refractivity contribution in [3.8, 4) is 0 Å². The molecule has 0 bridgehead atoms. The van der Waals surface area contributed by atoms with E-state index in [1.165, 1.54) is 16.7 Å². The number of carboxylic acid groups (broad SMARTS) is 1. The Morgan fingerprint density at radius 2 is 2.24 bits per heavy atom. The maximum Gasteiger partial charge on any atom is 0.327 e. The van der Waals surface area contributed by atoms with Crippen LogP contribution in [0.1, 0.15) is 26.7 Å². The molecule has 6 heteroatoms. The van der Waals surface area contributed by atoms with E-state index >= 15 is 0 Å². The second kappa shape index (κ2) is 7.16. The lowest BCUT2D eigenvalue weighted by atomic mass is 10.3. The van der Waals surface area contributed by atoms with Gasteiger partial charge in [-0.25, -0.2) is 4.79 Å². The summed E-state index contributed by atoms with van der Waals surface area (Å²) in [5, 5.41) is 9.03. The summed E-state index contributed by atoms with van der Waals surface area (Å²) in [6.45, 7) is 4.00. The summed E-state index contributed by atoms with van der Waals surface area (Å²) in [5.41, 5.74) is 0. The Balaban J connectivity index is 2.45. The molecule has 0 saturated carbocycles. The number of amides is 1. The molecule has 4 nitrogen and oxygen atoms in total. The number of hydrogen-bond acceptors (Lipinski definition) is 4. The predicted molar refractivity (Wildman–Crippen MR) is 72.4 cm³/mol. The zero-order valence-electron chi connectivity index (χ0n) is 10.2. The van der Waals surface area contributed by atoms with Crippen LogP contribution in [-0.4, -0.2) is 50.6 Å². The van der Waals surface area contributed by atoms with Crippen LogP contribution in [0.25, 0.3) is 0 Å². The van der Waals surface area contributed by atoms with Crippen molar-refractivity contribution in [1.29, 1.82) is 0 Å². The maximum absolute atomic E-state index is 12.0. The predicted octanol–water partition coefficient (Wildman–Crippen LogP) is 1.89. The van der Waals surface area contributed by atoms with Crippen LogP contribution in [0.4, 0.5) is 0 Å². The lowest BCUT2D eigenvalue weighted by molar-refractivity contribution is -0.147. The monoisotopic (exact) mass is 277 g/mol.